The van der Waals surface area contributed by atoms with E-state index in [1.54, 1.807) is 25.0 Å². The van der Waals surface area contributed by atoms with E-state index in [0.717, 1.165) is 81.6 Å². The molecule has 2 aromatic carbocycles. The molecule has 52 heavy (non-hydrogen) atoms. The maximum absolute atomic E-state index is 14.3. The molecule has 7 rings (SSSR count). The van der Waals surface area contributed by atoms with Gasteiger partial charge in [0.15, 0.2) is 5.69 Å². The lowest BCUT2D eigenvalue weighted by Crippen LogP contribution is -2.70. The zero-order chi connectivity index (χ0) is 37.2. The van der Waals surface area contributed by atoms with Gasteiger partial charge in [-0.2, -0.15) is 5.10 Å². The van der Waals surface area contributed by atoms with Gasteiger partial charge in [0.25, 0.3) is 5.91 Å². The summed E-state index contributed by atoms with van der Waals surface area (Å²) in [5.74, 6) is 0.865. The largest absolute Gasteiger partial charge is 0.496 e. The number of hydrogen-bond acceptors (Lipinski definition) is 8. The second-order valence-electron chi connectivity index (χ2n) is 15.7. The lowest BCUT2D eigenvalue weighted by molar-refractivity contribution is -0.163. The molecule has 11 heteroatoms. The molecule has 4 aliphatic rings. The normalized spacial score (nSPS) is 23.3. The van der Waals surface area contributed by atoms with Crippen molar-refractivity contribution < 1.29 is 24.2 Å². The number of anilines is 1. The van der Waals surface area contributed by atoms with Gasteiger partial charge in [0.2, 0.25) is 0 Å². The van der Waals surface area contributed by atoms with E-state index in [9.17, 15) is 14.7 Å². The van der Waals surface area contributed by atoms with Gasteiger partial charge < -0.3 is 35.0 Å². The molecule has 3 N–H and O–H groups in total. The lowest BCUT2D eigenvalue weighted by Gasteiger charge is -2.59. The summed E-state index contributed by atoms with van der Waals surface area (Å²) in [4.78, 5) is 32.2. The smallest absolute Gasteiger partial charge is 0.330 e. The summed E-state index contributed by atoms with van der Waals surface area (Å²) in [6.45, 7) is 8.35. The number of nitrogens with zero attached hydrogens (tertiary/aromatic N) is 4. The van der Waals surface area contributed by atoms with Gasteiger partial charge in [-0.1, -0.05) is 19.9 Å². The summed E-state index contributed by atoms with van der Waals surface area (Å²) in [5.41, 5.74) is 3.18. The Bertz CT molecular complexity index is 1690. The Labute approximate surface area is 309 Å². The number of carboxylic acids is 1. The van der Waals surface area contributed by atoms with Crippen molar-refractivity contribution in [3.63, 3.8) is 0 Å². The Morgan fingerprint density at radius 1 is 0.942 bits per heavy atom. The average Bonchev–Trinajstić information content (AvgIpc) is 3.57. The van der Waals surface area contributed by atoms with Crippen molar-refractivity contribution in [1.29, 1.82) is 0 Å². The van der Waals surface area contributed by atoms with Crippen LogP contribution in [0.4, 0.5) is 5.69 Å². The van der Waals surface area contributed by atoms with Gasteiger partial charge >= 0.3 is 5.97 Å². The van der Waals surface area contributed by atoms with Crippen LogP contribution in [-0.2, 0) is 4.79 Å². The first-order valence-corrected chi connectivity index (χ1v) is 19.1. The van der Waals surface area contributed by atoms with Crippen LogP contribution in [0.1, 0.15) is 80.8 Å². The Balaban J connectivity index is 1.36. The summed E-state index contributed by atoms with van der Waals surface area (Å²) in [5, 5.41) is 22.1. The second kappa shape index (κ2) is 15.9. The minimum absolute atomic E-state index is 0.0723. The number of aromatic nitrogens is 2. The Morgan fingerprint density at radius 2 is 1.58 bits per heavy atom. The van der Waals surface area contributed by atoms with Crippen molar-refractivity contribution in [2.75, 3.05) is 66.4 Å². The van der Waals surface area contributed by atoms with E-state index in [2.05, 4.69) is 66.6 Å². The molecule has 1 aromatic heterocycles. The quantitative estimate of drug-likeness (QED) is 0.143. The number of methoxy groups -OCH3 is 2. The third-order valence-electron chi connectivity index (χ3n) is 12.0. The third kappa shape index (κ3) is 7.26. The molecule has 4 aliphatic carbocycles. The predicted molar refractivity (Wildman–Crippen MR) is 205 cm³/mol. The second-order valence-corrected chi connectivity index (χ2v) is 15.7. The number of benzene rings is 2. The van der Waals surface area contributed by atoms with Crippen LogP contribution in [0.15, 0.2) is 42.5 Å². The molecule has 4 fully saturated rings. The van der Waals surface area contributed by atoms with Crippen molar-refractivity contribution in [2.45, 2.75) is 70.3 Å². The highest BCUT2D eigenvalue weighted by molar-refractivity contribution is 5.98. The lowest BCUT2D eigenvalue weighted by atomic mass is 9.48. The Kier molecular flexibility index (Phi) is 11.5. The van der Waals surface area contributed by atoms with Crippen molar-refractivity contribution in [3.05, 3.63) is 53.7 Å². The van der Waals surface area contributed by atoms with Gasteiger partial charge in [-0.3, -0.25) is 4.79 Å². The zero-order valence-corrected chi connectivity index (χ0v) is 32.1. The first-order valence-electron chi connectivity index (χ1n) is 19.1. The van der Waals surface area contributed by atoms with Crippen LogP contribution in [0.5, 0.6) is 11.5 Å². The van der Waals surface area contributed by atoms with Crippen LogP contribution in [-0.4, -0.2) is 98.7 Å². The maximum Gasteiger partial charge on any atom is 0.330 e. The molecule has 0 atom stereocenters. The predicted octanol–water partition coefficient (Wildman–Crippen LogP) is 6.06. The Hall–Kier alpha value is -4.09. The maximum atomic E-state index is 14.3. The molecular formula is C41H58N6O5. The molecular weight excluding hydrogens is 656 g/mol. The van der Waals surface area contributed by atoms with Crippen molar-refractivity contribution in [3.8, 4) is 28.4 Å². The molecule has 0 aliphatic heterocycles. The summed E-state index contributed by atoms with van der Waals surface area (Å²) < 4.78 is 13.5. The molecule has 3 aromatic rings. The number of ether oxygens (including phenoxy) is 2. The van der Waals surface area contributed by atoms with Crippen molar-refractivity contribution in [1.82, 2.24) is 25.3 Å². The summed E-state index contributed by atoms with van der Waals surface area (Å²) in [6, 6.07) is 13.7. The highest BCUT2D eigenvalue weighted by Gasteiger charge is 2.62. The molecule has 4 bridgehead atoms. The molecule has 1 amide bonds. The summed E-state index contributed by atoms with van der Waals surface area (Å²) >= 11 is 0. The number of carboxylic acid groups (broad SMARTS) is 1. The molecule has 0 saturated heterocycles. The molecule has 11 nitrogen and oxygen atoms in total. The fraction of sp³-hybridized carbons (Fsp3) is 0.585. The van der Waals surface area contributed by atoms with Crippen molar-refractivity contribution >= 4 is 17.6 Å². The van der Waals surface area contributed by atoms with E-state index in [1.807, 2.05) is 25.2 Å². The van der Waals surface area contributed by atoms with E-state index in [1.165, 1.54) is 6.42 Å². The highest BCUT2D eigenvalue weighted by Crippen LogP contribution is 2.58. The molecule has 4 saturated carbocycles. The molecule has 0 radical (unpaired) electrons. The van der Waals surface area contributed by atoms with E-state index < -0.39 is 17.4 Å². The number of rotatable bonds is 17. The molecule has 0 spiro atoms. The van der Waals surface area contributed by atoms with Gasteiger partial charge in [-0.25, -0.2) is 9.48 Å². The van der Waals surface area contributed by atoms with Crippen LogP contribution in [0, 0.1) is 23.7 Å². The topological polar surface area (TPSA) is 121 Å². The SMILES string of the molecule is CNCCCN(C)CCCN(C)c1ccc(-n2nc(C(=O)NC3(C(=O)O)C4CC5CC(C4)CC3C5)cc2-c2c(OC)cccc2OC)c(C(C)C)c1. The minimum Gasteiger partial charge on any atom is -0.496 e. The summed E-state index contributed by atoms with van der Waals surface area (Å²) in [6.07, 6.45) is 6.76. The average molecular weight is 715 g/mol. The Morgan fingerprint density at radius 3 is 2.15 bits per heavy atom. The fourth-order valence-corrected chi connectivity index (χ4v) is 9.52. The molecule has 1 heterocycles. The standard InChI is InChI=1S/C41H58N6O5/c1-26(2)32-24-31(46(5)18-10-17-45(4)16-9-15-42-3)13-14-34(32)47-35(38-36(51-6)11-8-12-37(38)52-7)25-33(44-47)39(48)43-41(40(49)50)29-20-27-19-28(22-29)23-30(41)21-27/h8,11-14,24-30,42H,9-10,15-23H2,1-7H3,(H,43,48)(H,49,50). The fourth-order valence-electron chi connectivity index (χ4n) is 9.52. The zero-order valence-electron chi connectivity index (χ0n) is 32.1. The highest BCUT2D eigenvalue weighted by atomic mass is 16.5. The van der Waals surface area contributed by atoms with E-state index in [-0.39, 0.29) is 23.4 Å². The van der Waals surface area contributed by atoms with Gasteiger partial charge in [-0.05, 0) is 150 Å². The first kappa shape index (κ1) is 37.7. The summed E-state index contributed by atoms with van der Waals surface area (Å²) in [7, 11) is 9.52. The number of carbonyl (C=O) groups excluding carboxylic acids is 1. The number of amides is 1. The molecule has 0 unspecified atom stereocenters. The van der Waals surface area contributed by atoms with Gasteiger partial charge in [0.1, 0.15) is 17.0 Å². The first-order chi connectivity index (χ1) is 25.0. The van der Waals surface area contributed by atoms with Crippen molar-refractivity contribution in [2.24, 2.45) is 23.7 Å². The monoisotopic (exact) mass is 714 g/mol. The van der Waals surface area contributed by atoms with Gasteiger partial charge in [-0.15, -0.1) is 0 Å². The van der Waals surface area contributed by atoms with Gasteiger partial charge in [0, 0.05) is 19.3 Å². The van der Waals surface area contributed by atoms with Crippen LogP contribution in [0.25, 0.3) is 16.9 Å². The van der Waals surface area contributed by atoms with E-state index >= 15 is 0 Å². The number of carbonyl (C=O) groups is 2. The number of aliphatic carboxylic acids is 1. The van der Waals surface area contributed by atoms with Crippen LogP contribution in [0.3, 0.4) is 0 Å². The third-order valence-corrected chi connectivity index (χ3v) is 12.0. The van der Waals surface area contributed by atoms with Gasteiger partial charge in [0.05, 0.1) is 31.2 Å². The number of nitrogens with one attached hydrogen (secondary N) is 2. The van der Waals surface area contributed by atoms with Crippen LogP contribution in [0.2, 0.25) is 0 Å². The van der Waals surface area contributed by atoms with E-state index in [0.29, 0.717) is 34.6 Å². The number of hydrogen-bond donors (Lipinski definition) is 3. The van der Waals surface area contributed by atoms with Crippen LogP contribution >= 0.6 is 0 Å². The molecule has 282 valence electrons. The minimum atomic E-state index is -1.28. The van der Waals surface area contributed by atoms with E-state index in [4.69, 9.17) is 14.6 Å². The van der Waals surface area contributed by atoms with Crippen LogP contribution < -0.4 is 25.0 Å².